The highest BCUT2D eigenvalue weighted by atomic mass is 19.1. The van der Waals surface area contributed by atoms with Crippen molar-refractivity contribution in [1.82, 2.24) is 19.9 Å². The van der Waals surface area contributed by atoms with Gasteiger partial charge in [0.25, 0.3) is 0 Å². The van der Waals surface area contributed by atoms with E-state index < -0.39 is 5.82 Å². The van der Waals surface area contributed by atoms with Gasteiger partial charge in [-0.3, -0.25) is 0 Å². The molecule has 0 radical (unpaired) electrons. The second kappa shape index (κ2) is 8.48. The van der Waals surface area contributed by atoms with Crippen LogP contribution in [0.25, 0.3) is 22.4 Å². The fraction of sp³-hybridized carbons (Fsp3) is 0.348. The van der Waals surface area contributed by atoms with Gasteiger partial charge in [-0.15, -0.1) is 0 Å². The van der Waals surface area contributed by atoms with Gasteiger partial charge in [-0.05, 0) is 37.8 Å². The van der Waals surface area contributed by atoms with E-state index in [0.717, 1.165) is 44.3 Å². The molecule has 3 heterocycles. The van der Waals surface area contributed by atoms with E-state index in [0.29, 0.717) is 34.8 Å². The number of piperidine rings is 1. The number of benzene rings is 1. The Labute approximate surface area is 185 Å². The average Bonchev–Trinajstić information content (AvgIpc) is 3.64. The number of nitrogens with one attached hydrogen (secondary N) is 1. The van der Waals surface area contributed by atoms with Crippen LogP contribution in [0.4, 0.5) is 16.3 Å². The molecule has 2 aliphatic rings. The number of hydrogen-bond acceptors (Lipinski definition) is 8. The van der Waals surface area contributed by atoms with Crippen LogP contribution in [0.2, 0.25) is 0 Å². The summed E-state index contributed by atoms with van der Waals surface area (Å²) in [5.74, 6) is 0.582. The van der Waals surface area contributed by atoms with Crippen molar-refractivity contribution >= 4 is 11.9 Å². The molecule has 3 N–H and O–H groups in total. The number of nitrogens with two attached hydrogens (primary N) is 1. The molecule has 1 saturated heterocycles. The molecule has 0 atom stereocenters. The minimum atomic E-state index is -0.583. The van der Waals surface area contributed by atoms with Crippen LogP contribution in [0.3, 0.4) is 0 Å². The molecule has 162 valence electrons. The maximum atomic E-state index is 14.4. The normalized spacial score (nSPS) is 16.6. The fourth-order valence-corrected chi connectivity index (χ4v) is 3.76. The highest BCUT2D eigenvalue weighted by Gasteiger charge is 2.23. The lowest BCUT2D eigenvalue weighted by atomic mass is 10.0. The molecule has 2 aromatic heterocycles. The van der Waals surface area contributed by atoms with Crippen molar-refractivity contribution in [3.63, 3.8) is 0 Å². The van der Waals surface area contributed by atoms with Crippen LogP contribution < -0.4 is 16.0 Å². The van der Waals surface area contributed by atoms with E-state index in [-0.39, 0.29) is 11.6 Å². The van der Waals surface area contributed by atoms with Crippen LogP contribution in [0.1, 0.15) is 31.2 Å². The van der Waals surface area contributed by atoms with Gasteiger partial charge < -0.3 is 16.0 Å². The van der Waals surface area contributed by atoms with Gasteiger partial charge in [0, 0.05) is 60.5 Å². The largest absolute Gasteiger partial charge is 0.351 e. The van der Waals surface area contributed by atoms with Crippen molar-refractivity contribution in [3.8, 4) is 28.5 Å². The summed E-state index contributed by atoms with van der Waals surface area (Å²) in [4.78, 5) is 20.3. The SMILES string of the molecule is N#Cc1ccc(-c2nc(N3CCC(N)CC3)ncc2-c2cnc(NC3CC3)nc2)cc1F. The highest BCUT2D eigenvalue weighted by molar-refractivity contribution is 5.80. The number of aromatic nitrogens is 4. The van der Waals surface area contributed by atoms with E-state index >= 15 is 0 Å². The highest BCUT2D eigenvalue weighted by Crippen LogP contribution is 2.33. The molecule has 1 aliphatic heterocycles. The first-order valence-electron chi connectivity index (χ1n) is 10.8. The van der Waals surface area contributed by atoms with E-state index in [1.807, 2.05) is 6.07 Å². The Morgan fingerprint density at radius 1 is 1.03 bits per heavy atom. The summed E-state index contributed by atoms with van der Waals surface area (Å²) in [7, 11) is 0. The van der Waals surface area contributed by atoms with Crippen molar-refractivity contribution in [2.24, 2.45) is 5.73 Å². The molecule has 9 heteroatoms. The molecule has 8 nitrogen and oxygen atoms in total. The molecule has 0 bridgehead atoms. The lowest BCUT2D eigenvalue weighted by Crippen LogP contribution is -2.40. The quantitative estimate of drug-likeness (QED) is 0.634. The molecule has 32 heavy (non-hydrogen) atoms. The van der Waals surface area contributed by atoms with Gasteiger partial charge in [0.05, 0.1) is 11.3 Å². The molecule has 5 rings (SSSR count). The number of rotatable bonds is 5. The topological polar surface area (TPSA) is 117 Å². The Kier molecular flexibility index (Phi) is 5.37. The fourth-order valence-electron chi connectivity index (χ4n) is 3.76. The smallest absolute Gasteiger partial charge is 0.225 e. The molecular formula is C23H23FN8. The first-order chi connectivity index (χ1) is 15.6. The molecule has 0 amide bonds. The molecule has 0 spiro atoms. The second-order valence-corrected chi connectivity index (χ2v) is 8.28. The molecule has 1 saturated carbocycles. The van der Waals surface area contributed by atoms with Gasteiger partial charge in [0.15, 0.2) is 0 Å². The minimum absolute atomic E-state index is 0.00608. The average molecular weight is 430 g/mol. The standard InChI is InChI=1S/C23H23FN8/c24-20-9-14(1-2-15(20)10-25)21-19(16-11-27-22(28-12-16)30-18-3-4-18)13-29-23(31-21)32-7-5-17(26)6-8-32/h1-2,9,11-13,17-18H,3-8,26H2,(H,27,28,30). The number of halogens is 1. The lowest BCUT2D eigenvalue weighted by molar-refractivity contribution is 0.495. The molecule has 3 aromatic rings. The predicted molar refractivity (Wildman–Crippen MR) is 119 cm³/mol. The van der Waals surface area contributed by atoms with Crippen LogP contribution in [0.15, 0.2) is 36.8 Å². The molecule has 1 aromatic carbocycles. The maximum Gasteiger partial charge on any atom is 0.225 e. The van der Waals surface area contributed by atoms with E-state index in [4.69, 9.17) is 16.0 Å². The Morgan fingerprint density at radius 3 is 2.44 bits per heavy atom. The van der Waals surface area contributed by atoms with Crippen LogP contribution in [0.5, 0.6) is 0 Å². The Bertz CT molecular complexity index is 1160. The molecular weight excluding hydrogens is 407 g/mol. The van der Waals surface area contributed by atoms with Gasteiger partial charge in [0.2, 0.25) is 11.9 Å². The minimum Gasteiger partial charge on any atom is -0.351 e. The summed E-state index contributed by atoms with van der Waals surface area (Å²) >= 11 is 0. The Balaban J connectivity index is 1.54. The third kappa shape index (κ3) is 4.22. The van der Waals surface area contributed by atoms with Crippen molar-refractivity contribution in [2.45, 2.75) is 37.8 Å². The van der Waals surface area contributed by atoms with E-state index in [1.54, 1.807) is 24.7 Å². The number of nitrogens with zero attached hydrogens (tertiary/aromatic N) is 6. The van der Waals surface area contributed by atoms with Gasteiger partial charge in [-0.25, -0.2) is 24.3 Å². The molecule has 0 unspecified atom stereocenters. The Hall–Kier alpha value is -3.64. The first-order valence-corrected chi connectivity index (χ1v) is 10.8. The molecule has 1 aliphatic carbocycles. The van der Waals surface area contributed by atoms with Crippen LogP contribution in [-0.2, 0) is 0 Å². The summed E-state index contributed by atoms with van der Waals surface area (Å²) in [5.41, 5.74) is 8.59. The summed E-state index contributed by atoms with van der Waals surface area (Å²) < 4.78 is 14.4. The molecule has 2 fully saturated rings. The third-order valence-corrected chi connectivity index (χ3v) is 5.83. The van der Waals surface area contributed by atoms with Gasteiger partial charge >= 0.3 is 0 Å². The van der Waals surface area contributed by atoms with Gasteiger partial charge in [-0.1, -0.05) is 6.07 Å². The third-order valence-electron chi connectivity index (χ3n) is 5.83. The van der Waals surface area contributed by atoms with Crippen molar-refractivity contribution < 1.29 is 4.39 Å². The van der Waals surface area contributed by atoms with Crippen molar-refractivity contribution in [1.29, 1.82) is 5.26 Å². The number of nitriles is 1. The summed E-state index contributed by atoms with van der Waals surface area (Å²) in [5, 5.41) is 12.4. The monoisotopic (exact) mass is 430 g/mol. The maximum absolute atomic E-state index is 14.4. The van der Waals surface area contributed by atoms with E-state index in [9.17, 15) is 4.39 Å². The number of hydrogen-bond donors (Lipinski definition) is 2. The number of anilines is 2. The summed E-state index contributed by atoms with van der Waals surface area (Å²) in [6.07, 6.45) is 9.19. The summed E-state index contributed by atoms with van der Waals surface area (Å²) in [6, 6.07) is 7.02. The van der Waals surface area contributed by atoms with Crippen LogP contribution in [-0.4, -0.2) is 45.1 Å². The van der Waals surface area contributed by atoms with Crippen molar-refractivity contribution in [3.05, 3.63) is 48.2 Å². The van der Waals surface area contributed by atoms with Gasteiger partial charge in [-0.2, -0.15) is 5.26 Å². The van der Waals surface area contributed by atoms with Crippen molar-refractivity contribution in [2.75, 3.05) is 23.3 Å². The van der Waals surface area contributed by atoms with Crippen LogP contribution >= 0.6 is 0 Å². The zero-order valence-electron chi connectivity index (χ0n) is 17.5. The van der Waals surface area contributed by atoms with Gasteiger partial charge in [0.1, 0.15) is 11.9 Å². The lowest BCUT2D eigenvalue weighted by Gasteiger charge is -2.30. The Morgan fingerprint density at radius 2 is 1.78 bits per heavy atom. The van der Waals surface area contributed by atoms with E-state index in [1.165, 1.54) is 12.1 Å². The van der Waals surface area contributed by atoms with Crippen LogP contribution in [0, 0.1) is 17.1 Å². The second-order valence-electron chi connectivity index (χ2n) is 8.28. The predicted octanol–water partition coefficient (Wildman–Crippen LogP) is 3.11. The van der Waals surface area contributed by atoms with E-state index in [2.05, 4.69) is 25.2 Å². The zero-order chi connectivity index (χ0) is 22.1. The zero-order valence-corrected chi connectivity index (χ0v) is 17.5. The summed E-state index contributed by atoms with van der Waals surface area (Å²) in [6.45, 7) is 1.54. The first kappa shape index (κ1) is 20.3.